The van der Waals surface area contributed by atoms with Gasteiger partial charge in [0.25, 0.3) is 0 Å². The smallest absolute Gasteiger partial charge is 0.434 e. The lowest BCUT2D eigenvalue weighted by Gasteiger charge is -2.35. The zero-order valence-corrected chi connectivity index (χ0v) is 14.9. The molecule has 2 N–H and O–H groups in total. The fourth-order valence-corrected chi connectivity index (χ4v) is 2.82. The van der Waals surface area contributed by atoms with Crippen molar-refractivity contribution < 1.29 is 14.7 Å². The van der Waals surface area contributed by atoms with Crippen molar-refractivity contribution in [2.45, 2.75) is 39.8 Å². The Labute approximate surface area is 147 Å². The first-order valence-electron chi connectivity index (χ1n) is 8.03. The van der Waals surface area contributed by atoms with Gasteiger partial charge in [0.1, 0.15) is 0 Å². The molecule has 0 aliphatic heterocycles. The van der Waals surface area contributed by atoms with E-state index in [0.717, 1.165) is 16.3 Å². The van der Waals surface area contributed by atoms with Crippen LogP contribution in [0.3, 0.4) is 0 Å². The molecular weight excluding hydrogens is 318 g/mol. The maximum atomic E-state index is 12.0. The van der Waals surface area contributed by atoms with E-state index in [9.17, 15) is 9.59 Å². The molecule has 0 saturated heterocycles. The highest BCUT2D eigenvalue weighted by Gasteiger charge is 2.29. The summed E-state index contributed by atoms with van der Waals surface area (Å²) in [4.78, 5) is 28.1. The summed E-state index contributed by atoms with van der Waals surface area (Å²) in [6.45, 7) is 7.22. The van der Waals surface area contributed by atoms with Crippen LogP contribution in [-0.4, -0.2) is 33.5 Å². The monoisotopic (exact) mass is 341 g/mol. The molecule has 0 bridgehead atoms. The van der Waals surface area contributed by atoms with Crippen LogP contribution in [0.2, 0.25) is 0 Å². The van der Waals surface area contributed by atoms with Gasteiger partial charge in [0.2, 0.25) is 11.9 Å². The van der Waals surface area contributed by atoms with Gasteiger partial charge < -0.3 is 10.4 Å². The van der Waals surface area contributed by atoms with Gasteiger partial charge in [0, 0.05) is 19.0 Å². The predicted molar refractivity (Wildman–Crippen MR) is 98.5 cm³/mol. The van der Waals surface area contributed by atoms with E-state index >= 15 is 0 Å². The summed E-state index contributed by atoms with van der Waals surface area (Å²) in [7, 11) is 0. The molecule has 0 fully saturated rings. The molecule has 2 aromatic rings. The lowest BCUT2D eigenvalue weighted by molar-refractivity contribution is -0.128. The van der Waals surface area contributed by atoms with Crippen LogP contribution in [0.4, 0.5) is 4.79 Å². The predicted octanol–water partition coefficient (Wildman–Crippen LogP) is 3.61. The van der Waals surface area contributed by atoms with E-state index in [-0.39, 0.29) is 11.9 Å². The van der Waals surface area contributed by atoms with Gasteiger partial charge in [-0.2, -0.15) is 0 Å². The van der Waals surface area contributed by atoms with E-state index in [2.05, 4.69) is 10.3 Å². The molecule has 25 heavy (non-hydrogen) atoms. The summed E-state index contributed by atoms with van der Waals surface area (Å²) in [5.74, 6) is -0.252. The average Bonchev–Trinajstić information content (AvgIpc) is 2.50. The largest absolute Gasteiger partial charge is 0.463 e. The van der Waals surface area contributed by atoms with Crippen molar-refractivity contribution in [3.8, 4) is 0 Å². The van der Waals surface area contributed by atoms with Gasteiger partial charge >= 0.3 is 6.09 Å². The van der Waals surface area contributed by atoms with Crippen molar-refractivity contribution in [2.24, 2.45) is 4.99 Å². The molecule has 6 nitrogen and oxygen atoms in total. The Hall–Kier alpha value is -2.89. The molecule has 6 heteroatoms. The molecule has 0 spiro atoms. The molecule has 0 heterocycles. The fraction of sp³-hybridized carbons (Fsp3) is 0.316. The van der Waals surface area contributed by atoms with Crippen molar-refractivity contribution >= 4 is 28.7 Å². The Morgan fingerprint density at radius 1 is 1.12 bits per heavy atom. The Bertz CT molecular complexity index is 817. The highest BCUT2D eigenvalue weighted by Crippen LogP contribution is 2.19. The number of carboxylic acid groups (broad SMARTS) is 1. The number of nitrogens with zero attached hydrogens (tertiary/aromatic N) is 2. The first-order chi connectivity index (χ1) is 11.7. The van der Waals surface area contributed by atoms with E-state index < -0.39 is 11.6 Å². The minimum atomic E-state index is -1.35. The van der Waals surface area contributed by atoms with Crippen LogP contribution >= 0.6 is 0 Å². The second kappa shape index (κ2) is 7.34. The first-order valence-corrected chi connectivity index (χ1v) is 8.03. The van der Waals surface area contributed by atoms with Gasteiger partial charge in [-0.3, -0.25) is 9.69 Å². The van der Waals surface area contributed by atoms with E-state index in [0.29, 0.717) is 6.54 Å². The van der Waals surface area contributed by atoms with E-state index in [1.165, 1.54) is 11.8 Å². The van der Waals surface area contributed by atoms with Crippen molar-refractivity contribution in [2.75, 3.05) is 0 Å². The number of guanidine groups is 1. The summed E-state index contributed by atoms with van der Waals surface area (Å²) in [5.41, 5.74) is 0.389. The lowest BCUT2D eigenvalue weighted by atomic mass is 10.0. The zero-order valence-electron chi connectivity index (χ0n) is 14.9. The average molecular weight is 341 g/mol. The van der Waals surface area contributed by atoms with Gasteiger partial charge in [-0.15, -0.1) is 4.99 Å². The van der Waals surface area contributed by atoms with Crippen LogP contribution in [0.25, 0.3) is 10.8 Å². The number of hydrogen-bond donors (Lipinski definition) is 2. The summed E-state index contributed by atoms with van der Waals surface area (Å²) >= 11 is 0. The number of amides is 2. The Balaban J connectivity index is 2.35. The molecule has 0 aliphatic rings. The molecular formula is C19H23N3O3. The quantitative estimate of drug-likeness (QED) is 0.646. The third kappa shape index (κ3) is 4.56. The number of fused-ring (bicyclic) bond motifs is 1. The Kier molecular flexibility index (Phi) is 5.41. The van der Waals surface area contributed by atoms with Crippen LogP contribution in [-0.2, 0) is 11.3 Å². The SMILES string of the molecule is CC(=O)N(C(=NC(=O)O)NCc1cccc2ccccc12)C(C)(C)C. The number of benzene rings is 2. The van der Waals surface area contributed by atoms with Crippen LogP contribution < -0.4 is 5.32 Å². The third-order valence-electron chi connectivity index (χ3n) is 3.72. The normalized spacial score (nSPS) is 12.1. The van der Waals surface area contributed by atoms with Gasteiger partial charge in [-0.1, -0.05) is 42.5 Å². The van der Waals surface area contributed by atoms with Crippen LogP contribution in [0.15, 0.2) is 47.5 Å². The maximum absolute atomic E-state index is 12.0. The van der Waals surface area contributed by atoms with Gasteiger partial charge in [-0.25, -0.2) is 4.79 Å². The van der Waals surface area contributed by atoms with E-state index in [1.807, 2.05) is 63.2 Å². The fourth-order valence-electron chi connectivity index (χ4n) is 2.82. The second-order valence-corrected chi connectivity index (χ2v) is 6.74. The van der Waals surface area contributed by atoms with Crippen molar-refractivity contribution in [1.82, 2.24) is 10.2 Å². The molecule has 2 amide bonds. The number of nitrogens with one attached hydrogen (secondary N) is 1. The minimum Gasteiger partial charge on any atom is -0.463 e. The Morgan fingerprint density at radius 2 is 1.76 bits per heavy atom. The van der Waals surface area contributed by atoms with Gasteiger partial charge in [0.15, 0.2) is 0 Å². The zero-order chi connectivity index (χ0) is 18.6. The molecule has 2 rings (SSSR count). The van der Waals surface area contributed by atoms with Crippen molar-refractivity contribution in [3.63, 3.8) is 0 Å². The minimum absolute atomic E-state index is 0.0282. The standard InChI is InChI=1S/C19H23N3O3/c1-13(23)22(19(2,3)4)17(21-18(24)25)20-12-15-10-7-9-14-8-5-6-11-16(14)15/h5-11H,12H2,1-4H3,(H,20,21)(H,24,25). The van der Waals surface area contributed by atoms with Crippen LogP contribution in [0, 0.1) is 0 Å². The summed E-state index contributed by atoms with van der Waals surface area (Å²) in [5, 5.41) is 14.3. The molecule has 0 saturated carbocycles. The Morgan fingerprint density at radius 3 is 2.36 bits per heavy atom. The number of rotatable bonds is 2. The van der Waals surface area contributed by atoms with Gasteiger partial charge in [0.05, 0.1) is 0 Å². The molecule has 0 radical (unpaired) electrons. The maximum Gasteiger partial charge on any atom is 0.434 e. The lowest BCUT2D eigenvalue weighted by Crippen LogP contribution is -2.53. The number of carbonyl (C=O) groups is 2. The van der Waals surface area contributed by atoms with Crippen molar-refractivity contribution in [1.29, 1.82) is 0 Å². The van der Waals surface area contributed by atoms with Crippen LogP contribution in [0.5, 0.6) is 0 Å². The van der Waals surface area contributed by atoms with Crippen molar-refractivity contribution in [3.05, 3.63) is 48.0 Å². The van der Waals surface area contributed by atoms with Gasteiger partial charge in [-0.05, 0) is 37.1 Å². The van der Waals surface area contributed by atoms with E-state index in [1.54, 1.807) is 0 Å². The molecule has 0 atom stereocenters. The van der Waals surface area contributed by atoms with E-state index in [4.69, 9.17) is 5.11 Å². The summed E-state index contributed by atoms with van der Waals surface area (Å²) < 4.78 is 0. The topological polar surface area (TPSA) is 82.0 Å². The molecule has 132 valence electrons. The molecule has 0 aliphatic carbocycles. The second-order valence-electron chi connectivity index (χ2n) is 6.74. The molecule has 0 unspecified atom stereocenters. The third-order valence-corrected chi connectivity index (χ3v) is 3.72. The number of hydrogen-bond acceptors (Lipinski definition) is 2. The summed E-state index contributed by atoms with van der Waals surface area (Å²) in [6, 6.07) is 13.9. The highest BCUT2D eigenvalue weighted by atomic mass is 16.4. The molecule has 0 aromatic heterocycles. The number of carbonyl (C=O) groups excluding carboxylic acids is 1. The highest BCUT2D eigenvalue weighted by molar-refractivity contribution is 6.00. The first kappa shape index (κ1) is 18.4. The molecule has 2 aromatic carbocycles. The van der Waals surface area contributed by atoms with Crippen LogP contribution in [0.1, 0.15) is 33.3 Å². The number of aliphatic imine (C=N–C) groups is 1. The summed E-state index contributed by atoms with van der Waals surface area (Å²) in [6.07, 6.45) is -1.35.